The number of rotatable bonds is 4. The molecule has 2 N–H and O–H groups in total. The van der Waals surface area contributed by atoms with E-state index in [1.165, 1.54) is 4.90 Å². The maximum atomic E-state index is 12.9. The van der Waals surface area contributed by atoms with Crippen molar-refractivity contribution >= 4 is 29.5 Å². The Balaban J connectivity index is 1.23. The summed E-state index contributed by atoms with van der Waals surface area (Å²) in [6.45, 7) is 2.83. The second-order valence-electron chi connectivity index (χ2n) is 8.49. The maximum absolute atomic E-state index is 12.9. The number of benzene rings is 2. The standard InChI is InChI=1S/C24H23N3O6/c1-13-8-15-6-7-32-21(15)18(9-13)25-24(31)33-12-14-2-3-16-11-27(23(30)17(16)10-14)19-4-5-20(28)26-22(19)29/h2-3,8-10,19H,4-7,11-12H2,1H3,(H,25,31)(H,26,28,29). The third kappa shape index (κ3) is 4.02. The highest BCUT2D eigenvalue weighted by Crippen LogP contribution is 2.35. The van der Waals surface area contributed by atoms with Crippen LogP contribution in [-0.4, -0.2) is 41.4 Å². The highest BCUT2D eigenvalue weighted by molar-refractivity contribution is 6.05. The summed E-state index contributed by atoms with van der Waals surface area (Å²) >= 11 is 0. The monoisotopic (exact) mass is 449 g/mol. The Morgan fingerprint density at radius 1 is 1.18 bits per heavy atom. The first-order valence-electron chi connectivity index (χ1n) is 10.9. The quantitative estimate of drug-likeness (QED) is 0.693. The molecular weight excluding hydrogens is 426 g/mol. The molecule has 9 heteroatoms. The van der Waals surface area contributed by atoms with Gasteiger partial charge in [0.25, 0.3) is 5.91 Å². The molecule has 4 amide bonds. The normalized spacial score (nSPS) is 19.0. The van der Waals surface area contributed by atoms with Crippen molar-refractivity contribution < 1.29 is 28.7 Å². The number of ether oxygens (including phenoxy) is 2. The van der Waals surface area contributed by atoms with Crippen LogP contribution in [0.2, 0.25) is 0 Å². The first-order valence-corrected chi connectivity index (χ1v) is 10.9. The van der Waals surface area contributed by atoms with Gasteiger partial charge >= 0.3 is 6.09 Å². The van der Waals surface area contributed by atoms with Crippen LogP contribution < -0.4 is 15.4 Å². The summed E-state index contributed by atoms with van der Waals surface area (Å²) in [6, 6.07) is 8.50. The van der Waals surface area contributed by atoms with Crippen LogP contribution in [0.25, 0.3) is 0 Å². The second-order valence-corrected chi connectivity index (χ2v) is 8.49. The van der Waals surface area contributed by atoms with E-state index in [0.717, 1.165) is 23.1 Å². The largest absolute Gasteiger partial charge is 0.491 e. The summed E-state index contributed by atoms with van der Waals surface area (Å²) in [7, 11) is 0. The first kappa shape index (κ1) is 21.0. The van der Waals surface area contributed by atoms with E-state index in [9.17, 15) is 19.2 Å². The number of piperidine rings is 1. The van der Waals surface area contributed by atoms with Crippen molar-refractivity contribution in [2.45, 2.75) is 45.4 Å². The van der Waals surface area contributed by atoms with Crippen LogP contribution >= 0.6 is 0 Å². The summed E-state index contributed by atoms with van der Waals surface area (Å²) in [5, 5.41) is 5.03. The molecule has 0 saturated carbocycles. The fourth-order valence-electron chi connectivity index (χ4n) is 4.55. The van der Waals surface area contributed by atoms with Crippen molar-refractivity contribution in [3.8, 4) is 5.75 Å². The Hall–Kier alpha value is -3.88. The molecule has 1 atom stereocenters. The smallest absolute Gasteiger partial charge is 0.412 e. The van der Waals surface area contributed by atoms with E-state index in [1.807, 2.05) is 19.1 Å². The van der Waals surface area contributed by atoms with Gasteiger partial charge in [0.05, 0.1) is 12.3 Å². The molecule has 170 valence electrons. The molecule has 2 aromatic rings. The van der Waals surface area contributed by atoms with Gasteiger partial charge in [-0.3, -0.25) is 25.0 Å². The van der Waals surface area contributed by atoms with Crippen LogP contribution in [0, 0.1) is 6.92 Å². The number of carbonyl (C=O) groups is 4. The first-order chi connectivity index (χ1) is 15.9. The van der Waals surface area contributed by atoms with Crippen molar-refractivity contribution in [3.05, 3.63) is 58.1 Å². The topological polar surface area (TPSA) is 114 Å². The lowest BCUT2D eigenvalue weighted by Crippen LogP contribution is -2.52. The predicted molar refractivity (Wildman–Crippen MR) is 117 cm³/mol. The van der Waals surface area contributed by atoms with Gasteiger partial charge in [0.1, 0.15) is 18.4 Å². The van der Waals surface area contributed by atoms with E-state index in [1.54, 1.807) is 18.2 Å². The zero-order chi connectivity index (χ0) is 23.1. The highest BCUT2D eigenvalue weighted by atomic mass is 16.5. The van der Waals surface area contributed by atoms with E-state index >= 15 is 0 Å². The van der Waals surface area contributed by atoms with Crippen LogP contribution in [0.1, 0.15) is 45.5 Å². The van der Waals surface area contributed by atoms with Gasteiger partial charge in [0, 0.05) is 24.9 Å². The lowest BCUT2D eigenvalue weighted by atomic mass is 10.0. The minimum atomic E-state index is -0.661. The molecule has 9 nitrogen and oxygen atoms in total. The molecule has 2 aromatic carbocycles. The minimum absolute atomic E-state index is 0.0142. The summed E-state index contributed by atoms with van der Waals surface area (Å²) < 4.78 is 11.0. The number of carbonyl (C=O) groups excluding carboxylic acids is 4. The van der Waals surface area contributed by atoms with E-state index in [2.05, 4.69) is 10.6 Å². The van der Waals surface area contributed by atoms with Gasteiger partial charge < -0.3 is 14.4 Å². The Kier molecular flexibility index (Phi) is 5.24. The van der Waals surface area contributed by atoms with Crippen LogP contribution in [0.4, 0.5) is 10.5 Å². The fraction of sp³-hybridized carbons (Fsp3) is 0.333. The zero-order valence-corrected chi connectivity index (χ0v) is 18.1. The lowest BCUT2D eigenvalue weighted by molar-refractivity contribution is -0.136. The van der Waals surface area contributed by atoms with E-state index in [-0.39, 0.29) is 24.8 Å². The van der Waals surface area contributed by atoms with E-state index in [4.69, 9.17) is 9.47 Å². The summed E-state index contributed by atoms with van der Waals surface area (Å²) in [6.07, 6.45) is 0.710. The SMILES string of the molecule is Cc1cc2c(c(NC(=O)OCc3ccc4c(c3)C(=O)N(C3CCC(=O)NC3=O)C4)c1)OCC2. The van der Waals surface area contributed by atoms with Crippen molar-refractivity contribution in [2.24, 2.45) is 0 Å². The van der Waals surface area contributed by atoms with Crippen LogP contribution in [0.15, 0.2) is 30.3 Å². The van der Waals surface area contributed by atoms with Crippen molar-refractivity contribution in [1.29, 1.82) is 0 Å². The van der Waals surface area contributed by atoms with Crippen LogP contribution in [0.3, 0.4) is 0 Å². The molecule has 33 heavy (non-hydrogen) atoms. The summed E-state index contributed by atoms with van der Waals surface area (Å²) in [5.41, 5.74) is 4.59. The second kappa shape index (κ2) is 8.23. The van der Waals surface area contributed by atoms with Crippen LogP contribution in [-0.2, 0) is 33.9 Å². The van der Waals surface area contributed by atoms with Gasteiger partial charge in [-0.05, 0) is 47.7 Å². The van der Waals surface area contributed by atoms with Crippen molar-refractivity contribution in [3.63, 3.8) is 0 Å². The van der Waals surface area contributed by atoms with Crippen molar-refractivity contribution in [2.75, 3.05) is 11.9 Å². The van der Waals surface area contributed by atoms with Gasteiger partial charge in [-0.2, -0.15) is 0 Å². The average molecular weight is 449 g/mol. The number of anilines is 1. The van der Waals surface area contributed by atoms with Gasteiger partial charge in [-0.1, -0.05) is 18.2 Å². The third-order valence-electron chi connectivity index (χ3n) is 6.13. The van der Waals surface area contributed by atoms with Gasteiger partial charge in [0.2, 0.25) is 11.8 Å². The molecule has 0 radical (unpaired) electrons. The summed E-state index contributed by atoms with van der Waals surface area (Å²) in [5.74, 6) is -0.355. The van der Waals surface area contributed by atoms with Gasteiger partial charge in [-0.25, -0.2) is 4.79 Å². The molecule has 0 spiro atoms. The molecular formula is C24H23N3O6. The number of imide groups is 1. The van der Waals surface area contributed by atoms with Gasteiger partial charge in [0.15, 0.2) is 0 Å². The van der Waals surface area contributed by atoms with Crippen LogP contribution in [0.5, 0.6) is 5.75 Å². The Labute approximate surface area is 190 Å². The summed E-state index contributed by atoms with van der Waals surface area (Å²) in [4.78, 5) is 50.4. The lowest BCUT2D eigenvalue weighted by Gasteiger charge is -2.29. The van der Waals surface area contributed by atoms with Gasteiger partial charge in [-0.15, -0.1) is 0 Å². The molecule has 1 saturated heterocycles. The zero-order valence-electron chi connectivity index (χ0n) is 18.1. The number of nitrogens with one attached hydrogen (secondary N) is 2. The molecule has 5 rings (SSSR count). The Morgan fingerprint density at radius 3 is 2.85 bits per heavy atom. The highest BCUT2D eigenvalue weighted by Gasteiger charge is 2.39. The number of hydrogen-bond acceptors (Lipinski definition) is 6. The minimum Gasteiger partial charge on any atom is -0.491 e. The predicted octanol–water partition coefficient (Wildman–Crippen LogP) is 2.44. The van der Waals surface area contributed by atoms with E-state index < -0.39 is 18.0 Å². The molecule has 1 unspecified atom stereocenters. The Bertz CT molecular complexity index is 1190. The molecule has 0 aliphatic carbocycles. The number of amides is 4. The number of nitrogens with zero attached hydrogens (tertiary/aromatic N) is 1. The number of fused-ring (bicyclic) bond motifs is 2. The average Bonchev–Trinajstić information content (AvgIpc) is 3.37. The molecule has 3 aliphatic heterocycles. The molecule has 3 heterocycles. The Morgan fingerprint density at radius 2 is 2.03 bits per heavy atom. The molecule has 0 aromatic heterocycles. The molecule has 0 bridgehead atoms. The maximum Gasteiger partial charge on any atom is 0.412 e. The molecule has 3 aliphatic rings. The third-order valence-corrected chi connectivity index (χ3v) is 6.13. The number of aryl methyl sites for hydroxylation is 1. The van der Waals surface area contributed by atoms with Crippen molar-refractivity contribution in [1.82, 2.24) is 10.2 Å². The number of hydrogen-bond donors (Lipinski definition) is 2. The molecule has 1 fully saturated rings. The van der Waals surface area contributed by atoms with E-state index in [0.29, 0.717) is 42.1 Å². The fourth-order valence-corrected chi connectivity index (χ4v) is 4.55.